The normalized spacial score (nSPS) is 19.2. The summed E-state index contributed by atoms with van der Waals surface area (Å²) < 4.78 is 37.5. The molecular weight excluding hydrogens is 815 g/mol. The van der Waals surface area contributed by atoms with Crippen LogP contribution in [0, 0.1) is 11.7 Å². The number of fused-ring (bicyclic) bond motifs is 13. The molecule has 9 aromatic carbocycles. The highest BCUT2D eigenvalue weighted by molar-refractivity contribution is 6.16. The third-order valence-corrected chi connectivity index (χ3v) is 14.8. The monoisotopic (exact) mass is 858 g/mol. The third-order valence-electron chi connectivity index (χ3n) is 14.8. The van der Waals surface area contributed by atoms with Gasteiger partial charge < -0.3 is 14.2 Å². The van der Waals surface area contributed by atoms with E-state index >= 15 is 4.39 Å². The SMILES string of the molecule is CC1CC(N(c2ccccc2)c2ccc3c(c2)C2(c4cc(N(c5ccccc5)c5ccc(F)cc5)ccc4-3)c3ccc4c(oc5ccccc54)c3-c3cccc4cccc2c34)=CCC1(C)F. The van der Waals surface area contributed by atoms with Crippen molar-refractivity contribution in [2.24, 2.45) is 5.92 Å². The van der Waals surface area contributed by atoms with E-state index in [4.69, 9.17) is 4.42 Å². The van der Waals surface area contributed by atoms with Crippen molar-refractivity contribution in [3.63, 3.8) is 0 Å². The van der Waals surface area contributed by atoms with Gasteiger partial charge >= 0.3 is 0 Å². The number of allylic oxidation sites excluding steroid dienone is 2. The molecule has 0 aliphatic heterocycles. The van der Waals surface area contributed by atoms with Gasteiger partial charge in [0.15, 0.2) is 0 Å². The summed E-state index contributed by atoms with van der Waals surface area (Å²) in [5.74, 6) is -0.443. The Bertz CT molecular complexity index is 3610. The Balaban J connectivity index is 1.15. The second kappa shape index (κ2) is 14.4. The van der Waals surface area contributed by atoms with Gasteiger partial charge in [0.2, 0.25) is 0 Å². The van der Waals surface area contributed by atoms with Crippen molar-refractivity contribution in [1.82, 2.24) is 0 Å². The first-order valence-corrected chi connectivity index (χ1v) is 22.9. The molecule has 3 aliphatic carbocycles. The molecule has 1 heterocycles. The highest BCUT2D eigenvalue weighted by Gasteiger charge is 2.51. The zero-order valence-electron chi connectivity index (χ0n) is 36.6. The molecule has 0 saturated carbocycles. The van der Waals surface area contributed by atoms with Crippen LogP contribution in [0.5, 0.6) is 0 Å². The van der Waals surface area contributed by atoms with Gasteiger partial charge in [-0.1, -0.05) is 128 Å². The van der Waals surface area contributed by atoms with Crippen LogP contribution in [0.25, 0.3) is 55.0 Å². The summed E-state index contributed by atoms with van der Waals surface area (Å²) in [6, 6.07) is 67.7. The van der Waals surface area contributed by atoms with Crippen LogP contribution in [0.15, 0.2) is 210 Å². The predicted molar refractivity (Wildman–Crippen MR) is 267 cm³/mol. The molecule has 3 unspecified atom stereocenters. The molecule has 0 N–H and O–H groups in total. The number of alkyl halides is 1. The Labute approximate surface area is 382 Å². The lowest BCUT2D eigenvalue weighted by Gasteiger charge is -2.41. The Morgan fingerprint density at radius 2 is 1.14 bits per heavy atom. The molecule has 1 aromatic heterocycles. The molecule has 1 spiro atoms. The van der Waals surface area contributed by atoms with Gasteiger partial charge in [-0.3, -0.25) is 0 Å². The van der Waals surface area contributed by atoms with Gasteiger partial charge in [0.05, 0.1) is 5.41 Å². The molecule has 0 fully saturated rings. The van der Waals surface area contributed by atoms with Crippen LogP contribution in [0.4, 0.5) is 37.2 Å². The van der Waals surface area contributed by atoms with Crippen molar-refractivity contribution in [3.8, 4) is 22.3 Å². The lowest BCUT2D eigenvalue weighted by atomic mass is 9.61. The van der Waals surface area contributed by atoms with Gasteiger partial charge in [-0.15, -0.1) is 0 Å². The van der Waals surface area contributed by atoms with Crippen LogP contribution in [0.2, 0.25) is 0 Å². The Kier molecular flexibility index (Phi) is 8.42. The molecule has 0 radical (unpaired) electrons. The molecule has 0 bridgehead atoms. The van der Waals surface area contributed by atoms with E-state index in [2.05, 4.69) is 155 Å². The summed E-state index contributed by atoms with van der Waals surface area (Å²) in [5.41, 5.74) is 14.7. The van der Waals surface area contributed by atoms with Gasteiger partial charge in [-0.05, 0) is 148 Å². The fourth-order valence-electron chi connectivity index (χ4n) is 11.5. The van der Waals surface area contributed by atoms with E-state index in [-0.39, 0.29) is 11.7 Å². The van der Waals surface area contributed by atoms with Crippen LogP contribution in [0.3, 0.4) is 0 Å². The highest BCUT2D eigenvalue weighted by atomic mass is 19.1. The number of hydrogen-bond donors (Lipinski definition) is 0. The molecule has 13 rings (SSSR count). The average Bonchev–Trinajstić information content (AvgIpc) is 3.87. The molecule has 0 amide bonds. The maximum absolute atomic E-state index is 15.9. The van der Waals surface area contributed by atoms with Crippen molar-refractivity contribution in [1.29, 1.82) is 0 Å². The van der Waals surface area contributed by atoms with Crippen molar-refractivity contribution in [3.05, 3.63) is 234 Å². The quantitative estimate of drug-likeness (QED) is 0.166. The van der Waals surface area contributed by atoms with E-state index in [1.807, 2.05) is 49.4 Å². The third kappa shape index (κ3) is 5.53. The summed E-state index contributed by atoms with van der Waals surface area (Å²) in [6.45, 7) is 3.76. The Morgan fingerprint density at radius 1 is 0.530 bits per heavy atom. The standard InChI is InChI=1S/C61H44F2N2O/c1-38-35-46(33-34-60(38,2)63)65(42-17-7-4-8-18-42)45-28-30-48-47-29-27-44(64(41-15-5-3-6-16-41)43-25-23-40(62)24-26-43)36-54(47)61(55(48)37-45)52-21-12-14-39-13-11-20-51(57(39)52)58-53(61)32-31-50-49-19-9-10-22-56(49)66-59(50)58/h3-33,36-38H,34-35H2,1-2H3. The van der Waals surface area contributed by atoms with E-state index < -0.39 is 11.1 Å². The molecule has 10 aromatic rings. The maximum Gasteiger partial charge on any atom is 0.143 e. The van der Waals surface area contributed by atoms with E-state index in [0.29, 0.717) is 12.8 Å². The number of furan rings is 1. The van der Waals surface area contributed by atoms with Crippen LogP contribution in [-0.4, -0.2) is 5.67 Å². The first-order chi connectivity index (χ1) is 32.3. The molecular formula is C61H44F2N2O. The lowest BCUT2D eigenvalue weighted by Crippen LogP contribution is -2.34. The van der Waals surface area contributed by atoms with E-state index in [9.17, 15) is 4.39 Å². The van der Waals surface area contributed by atoms with Crippen LogP contribution >= 0.6 is 0 Å². The Hall–Kier alpha value is -7.76. The summed E-state index contributed by atoms with van der Waals surface area (Å²) in [7, 11) is 0. The van der Waals surface area contributed by atoms with Gasteiger partial charge in [0.25, 0.3) is 0 Å². The molecule has 3 atom stereocenters. The topological polar surface area (TPSA) is 19.6 Å². The van der Waals surface area contributed by atoms with Crippen LogP contribution in [0.1, 0.15) is 48.9 Å². The van der Waals surface area contributed by atoms with Gasteiger partial charge in [-0.2, -0.15) is 0 Å². The van der Waals surface area contributed by atoms with Crippen LogP contribution < -0.4 is 9.80 Å². The molecule has 0 saturated heterocycles. The summed E-state index contributed by atoms with van der Waals surface area (Å²) in [5, 5.41) is 4.52. The first kappa shape index (κ1) is 38.7. The zero-order valence-corrected chi connectivity index (χ0v) is 36.6. The molecule has 3 aliphatic rings. The fraction of sp³-hybridized carbons (Fsp3) is 0.115. The van der Waals surface area contributed by atoms with E-state index in [1.165, 1.54) is 28.6 Å². The zero-order chi connectivity index (χ0) is 44.3. The molecule has 318 valence electrons. The van der Waals surface area contributed by atoms with Gasteiger partial charge in [0.1, 0.15) is 22.7 Å². The minimum atomic E-state index is -1.28. The largest absolute Gasteiger partial charge is 0.455 e. The van der Waals surface area contributed by atoms with E-state index in [1.54, 1.807) is 6.92 Å². The molecule has 66 heavy (non-hydrogen) atoms. The second-order valence-electron chi connectivity index (χ2n) is 18.5. The first-order valence-electron chi connectivity index (χ1n) is 22.9. The summed E-state index contributed by atoms with van der Waals surface area (Å²) in [6.07, 6.45) is 3.06. The number of para-hydroxylation sites is 3. The predicted octanol–water partition coefficient (Wildman–Crippen LogP) is 16.9. The molecule has 5 heteroatoms. The number of halogens is 2. The second-order valence-corrected chi connectivity index (χ2v) is 18.5. The lowest BCUT2D eigenvalue weighted by molar-refractivity contribution is 0.107. The summed E-state index contributed by atoms with van der Waals surface area (Å²) in [4.78, 5) is 4.57. The number of rotatable bonds is 6. The van der Waals surface area contributed by atoms with Crippen molar-refractivity contribution < 1.29 is 13.2 Å². The number of hydrogen-bond acceptors (Lipinski definition) is 3. The number of benzene rings is 9. The fourth-order valence-corrected chi connectivity index (χ4v) is 11.5. The van der Waals surface area contributed by atoms with Gasteiger partial charge in [-0.25, -0.2) is 8.78 Å². The Morgan fingerprint density at radius 3 is 1.83 bits per heavy atom. The maximum atomic E-state index is 15.9. The van der Waals surface area contributed by atoms with E-state index in [0.717, 1.165) is 94.8 Å². The smallest absolute Gasteiger partial charge is 0.143 e. The van der Waals surface area contributed by atoms with Gasteiger partial charge in [0, 0.05) is 56.9 Å². The molecule has 3 nitrogen and oxygen atoms in total. The average molecular weight is 859 g/mol. The number of nitrogens with zero attached hydrogens (tertiary/aromatic N) is 2. The van der Waals surface area contributed by atoms with Crippen molar-refractivity contribution >= 4 is 61.1 Å². The minimum Gasteiger partial charge on any atom is -0.455 e. The van der Waals surface area contributed by atoms with Crippen molar-refractivity contribution in [2.45, 2.75) is 37.8 Å². The van der Waals surface area contributed by atoms with Crippen LogP contribution in [-0.2, 0) is 5.41 Å². The highest BCUT2D eigenvalue weighted by Crippen LogP contribution is 2.64. The summed E-state index contributed by atoms with van der Waals surface area (Å²) >= 11 is 0. The minimum absolute atomic E-state index is 0.161. The number of anilines is 5. The van der Waals surface area contributed by atoms with Crippen molar-refractivity contribution in [2.75, 3.05) is 9.80 Å².